The molecule has 1 fully saturated rings. The second-order valence-electron chi connectivity index (χ2n) is 5.77. The van der Waals surface area contributed by atoms with E-state index in [4.69, 9.17) is 0 Å². The summed E-state index contributed by atoms with van der Waals surface area (Å²) in [5.74, 6) is 1.01. The molecule has 0 spiro atoms. The molecular formula is C17H24N4. The number of nitrogens with zero attached hydrogens (tertiary/aromatic N) is 2. The van der Waals surface area contributed by atoms with Gasteiger partial charge in [-0.3, -0.25) is 4.90 Å². The van der Waals surface area contributed by atoms with Crippen molar-refractivity contribution in [2.24, 2.45) is 0 Å². The molecule has 1 aromatic heterocycles. The first-order chi connectivity index (χ1) is 10.4. The fourth-order valence-corrected chi connectivity index (χ4v) is 3.07. The predicted molar refractivity (Wildman–Crippen MR) is 84.8 cm³/mol. The van der Waals surface area contributed by atoms with Crippen LogP contribution in [0.4, 0.5) is 0 Å². The lowest BCUT2D eigenvalue weighted by Gasteiger charge is -2.36. The summed E-state index contributed by atoms with van der Waals surface area (Å²) < 4.78 is 0. The van der Waals surface area contributed by atoms with Crippen molar-refractivity contribution >= 4 is 0 Å². The smallest absolute Gasteiger partial charge is 0.120 e. The number of hydrogen-bond acceptors (Lipinski definition) is 3. The van der Waals surface area contributed by atoms with Crippen molar-refractivity contribution in [1.29, 1.82) is 0 Å². The topological polar surface area (TPSA) is 44.0 Å². The predicted octanol–water partition coefficient (Wildman–Crippen LogP) is 2.55. The van der Waals surface area contributed by atoms with Gasteiger partial charge in [0.2, 0.25) is 0 Å². The van der Waals surface area contributed by atoms with Gasteiger partial charge in [0.1, 0.15) is 5.82 Å². The van der Waals surface area contributed by atoms with Crippen molar-refractivity contribution < 1.29 is 0 Å². The van der Waals surface area contributed by atoms with Gasteiger partial charge in [0.25, 0.3) is 0 Å². The van der Waals surface area contributed by atoms with Crippen LogP contribution in [0.3, 0.4) is 0 Å². The molecule has 1 saturated heterocycles. The monoisotopic (exact) mass is 284 g/mol. The molecule has 1 unspecified atom stereocenters. The van der Waals surface area contributed by atoms with Crippen LogP contribution in [0.2, 0.25) is 0 Å². The SMILES string of the molecule is c1ccc(CN2CCCCC2CNCc2ncc[nH]2)cc1. The highest BCUT2D eigenvalue weighted by molar-refractivity contribution is 5.14. The quantitative estimate of drug-likeness (QED) is 0.857. The Morgan fingerprint density at radius 2 is 2.14 bits per heavy atom. The van der Waals surface area contributed by atoms with E-state index >= 15 is 0 Å². The number of aromatic nitrogens is 2. The molecule has 1 aromatic carbocycles. The molecule has 112 valence electrons. The molecule has 1 aliphatic rings. The minimum Gasteiger partial charge on any atom is -0.348 e. The van der Waals surface area contributed by atoms with Crippen molar-refractivity contribution in [3.63, 3.8) is 0 Å². The molecule has 1 aliphatic heterocycles. The Morgan fingerprint density at radius 3 is 2.95 bits per heavy atom. The summed E-state index contributed by atoms with van der Waals surface area (Å²) in [4.78, 5) is 10.0. The Bertz CT molecular complexity index is 509. The second-order valence-corrected chi connectivity index (χ2v) is 5.77. The third-order valence-electron chi connectivity index (χ3n) is 4.20. The third-order valence-corrected chi connectivity index (χ3v) is 4.20. The van der Waals surface area contributed by atoms with Gasteiger partial charge in [-0.1, -0.05) is 36.8 Å². The zero-order valence-electron chi connectivity index (χ0n) is 12.5. The van der Waals surface area contributed by atoms with E-state index in [0.717, 1.165) is 25.5 Å². The van der Waals surface area contributed by atoms with E-state index in [-0.39, 0.29) is 0 Å². The first-order valence-electron chi connectivity index (χ1n) is 7.89. The molecule has 0 amide bonds. The van der Waals surface area contributed by atoms with E-state index in [9.17, 15) is 0 Å². The van der Waals surface area contributed by atoms with Gasteiger partial charge >= 0.3 is 0 Å². The zero-order valence-corrected chi connectivity index (χ0v) is 12.5. The van der Waals surface area contributed by atoms with Crippen LogP contribution in [0.1, 0.15) is 30.7 Å². The van der Waals surface area contributed by atoms with Crippen LogP contribution < -0.4 is 5.32 Å². The normalized spacial score (nSPS) is 19.7. The van der Waals surface area contributed by atoms with Gasteiger partial charge in [0.05, 0.1) is 6.54 Å². The lowest BCUT2D eigenvalue weighted by molar-refractivity contribution is 0.137. The van der Waals surface area contributed by atoms with E-state index in [1.165, 1.54) is 31.4 Å². The number of aromatic amines is 1. The van der Waals surface area contributed by atoms with Crippen LogP contribution in [-0.2, 0) is 13.1 Å². The van der Waals surface area contributed by atoms with Crippen molar-refractivity contribution in [1.82, 2.24) is 20.2 Å². The molecule has 2 heterocycles. The maximum absolute atomic E-state index is 4.25. The summed E-state index contributed by atoms with van der Waals surface area (Å²) in [5.41, 5.74) is 1.41. The lowest BCUT2D eigenvalue weighted by Crippen LogP contribution is -2.44. The number of nitrogens with one attached hydrogen (secondary N) is 2. The molecule has 4 heteroatoms. The maximum atomic E-state index is 4.25. The van der Waals surface area contributed by atoms with Crippen LogP contribution >= 0.6 is 0 Å². The van der Waals surface area contributed by atoms with Crippen LogP contribution in [-0.4, -0.2) is 34.0 Å². The minimum atomic E-state index is 0.633. The Balaban J connectivity index is 1.51. The number of piperidine rings is 1. The van der Waals surface area contributed by atoms with E-state index in [0.29, 0.717) is 6.04 Å². The molecule has 3 rings (SSSR count). The Labute approximate surface area is 126 Å². The number of benzene rings is 1. The van der Waals surface area contributed by atoms with Crippen molar-refractivity contribution in [3.05, 3.63) is 54.1 Å². The third kappa shape index (κ3) is 4.16. The Morgan fingerprint density at radius 1 is 1.24 bits per heavy atom. The number of imidazole rings is 1. The minimum absolute atomic E-state index is 0.633. The van der Waals surface area contributed by atoms with Crippen LogP contribution in [0, 0.1) is 0 Å². The van der Waals surface area contributed by atoms with Gasteiger partial charge in [0.15, 0.2) is 0 Å². The number of H-pyrrole nitrogens is 1. The zero-order chi connectivity index (χ0) is 14.3. The summed E-state index contributed by atoms with van der Waals surface area (Å²) >= 11 is 0. The largest absolute Gasteiger partial charge is 0.348 e. The number of rotatable bonds is 6. The fraction of sp³-hybridized carbons (Fsp3) is 0.471. The molecule has 2 aromatic rings. The summed E-state index contributed by atoms with van der Waals surface area (Å²) in [5, 5.41) is 3.54. The highest BCUT2D eigenvalue weighted by atomic mass is 15.2. The second kappa shape index (κ2) is 7.38. The van der Waals surface area contributed by atoms with Crippen LogP contribution in [0.15, 0.2) is 42.7 Å². The van der Waals surface area contributed by atoms with Crippen molar-refractivity contribution in [2.45, 2.75) is 38.4 Å². The van der Waals surface area contributed by atoms with Crippen LogP contribution in [0.5, 0.6) is 0 Å². The molecule has 2 N–H and O–H groups in total. The first-order valence-corrected chi connectivity index (χ1v) is 7.89. The number of likely N-dealkylation sites (tertiary alicyclic amines) is 1. The molecule has 0 bridgehead atoms. The molecular weight excluding hydrogens is 260 g/mol. The average molecular weight is 284 g/mol. The van der Waals surface area contributed by atoms with Crippen molar-refractivity contribution in [3.8, 4) is 0 Å². The van der Waals surface area contributed by atoms with Crippen molar-refractivity contribution in [2.75, 3.05) is 13.1 Å². The van der Waals surface area contributed by atoms with E-state index < -0.39 is 0 Å². The standard InChI is InChI=1S/C17H24N4/c1-2-6-15(7-3-1)14-21-11-5-4-8-16(21)12-18-13-17-19-9-10-20-17/h1-3,6-7,9-10,16,18H,4-5,8,11-14H2,(H,19,20). The molecule has 0 saturated carbocycles. The molecule has 0 aliphatic carbocycles. The highest BCUT2D eigenvalue weighted by Gasteiger charge is 2.21. The molecule has 21 heavy (non-hydrogen) atoms. The molecule has 0 radical (unpaired) electrons. The van der Waals surface area contributed by atoms with Gasteiger partial charge < -0.3 is 10.3 Å². The van der Waals surface area contributed by atoms with E-state index in [1.54, 1.807) is 6.20 Å². The van der Waals surface area contributed by atoms with E-state index in [1.807, 2.05) is 6.20 Å². The number of hydrogen-bond donors (Lipinski definition) is 2. The molecule has 1 atom stereocenters. The Kier molecular flexibility index (Phi) is 5.03. The van der Waals surface area contributed by atoms with Gasteiger partial charge in [-0.25, -0.2) is 4.98 Å². The van der Waals surface area contributed by atoms with Gasteiger partial charge in [-0.15, -0.1) is 0 Å². The van der Waals surface area contributed by atoms with E-state index in [2.05, 4.69) is 50.5 Å². The summed E-state index contributed by atoms with van der Waals surface area (Å²) in [6, 6.07) is 11.4. The Hall–Kier alpha value is -1.65. The highest BCUT2D eigenvalue weighted by Crippen LogP contribution is 2.19. The lowest BCUT2D eigenvalue weighted by atomic mass is 10.0. The van der Waals surface area contributed by atoms with Gasteiger partial charge in [0, 0.05) is 31.5 Å². The first kappa shape index (κ1) is 14.3. The summed E-state index contributed by atoms with van der Waals surface area (Å²) in [6.45, 7) is 4.13. The van der Waals surface area contributed by atoms with Crippen LogP contribution in [0.25, 0.3) is 0 Å². The summed E-state index contributed by atoms with van der Waals surface area (Å²) in [6.07, 6.45) is 7.64. The summed E-state index contributed by atoms with van der Waals surface area (Å²) in [7, 11) is 0. The fourth-order valence-electron chi connectivity index (χ4n) is 3.07. The van der Waals surface area contributed by atoms with Gasteiger partial charge in [-0.2, -0.15) is 0 Å². The maximum Gasteiger partial charge on any atom is 0.120 e. The molecule has 4 nitrogen and oxygen atoms in total. The van der Waals surface area contributed by atoms with Gasteiger partial charge in [-0.05, 0) is 24.9 Å². The average Bonchev–Trinajstić information content (AvgIpc) is 3.03.